The van der Waals surface area contributed by atoms with Crippen LogP contribution in [0.5, 0.6) is 0 Å². The number of esters is 1. The number of halogens is 3. The second kappa shape index (κ2) is 7.75. The largest absolute Gasteiger partial charge is 0.467 e. The standard InChI is InChI=1S/C20H17F3N2O3/c1-28-19(27)17(10-13-11-24-16-8-3-2-7-15(13)16)25-18(26)12-5-4-6-14(9-12)20(21,22)23/h2-9,11,17,24H,10H2,1H3,(H,25,26). The molecule has 8 heteroatoms. The van der Waals surface area contributed by atoms with Crippen molar-refractivity contribution < 1.29 is 27.5 Å². The zero-order valence-electron chi connectivity index (χ0n) is 14.8. The van der Waals surface area contributed by atoms with E-state index in [1.165, 1.54) is 13.2 Å². The van der Waals surface area contributed by atoms with E-state index in [9.17, 15) is 22.8 Å². The van der Waals surface area contributed by atoms with Crippen molar-refractivity contribution in [3.05, 3.63) is 71.4 Å². The van der Waals surface area contributed by atoms with Crippen LogP contribution in [0.15, 0.2) is 54.7 Å². The lowest BCUT2D eigenvalue weighted by Crippen LogP contribution is -2.43. The minimum atomic E-state index is -4.57. The van der Waals surface area contributed by atoms with E-state index in [-0.39, 0.29) is 12.0 Å². The summed E-state index contributed by atoms with van der Waals surface area (Å²) in [5.41, 5.74) is 0.509. The van der Waals surface area contributed by atoms with Gasteiger partial charge in [-0.1, -0.05) is 24.3 Å². The van der Waals surface area contributed by atoms with Gasteiger partial charge in [0.05, 0.1) is 12.7 Å². The number of hydrogen-bond acceptors (Lipinski definition) is 3. The highest BCUT2D eigenvalue weighted by Gasteiger charge is 2.31. The lowest BCUT2D eigenvalue weighted by molar-refractivity contribution is -0.143. The number of para-hydroxylation sites is 1. The smallest absolute Gasteiger partial charge is 0.416 e. The molecule has 0 radical (unpaired) electrons. The van der Waals surface area contributed by atoms with E-state index in [0.29, 0.717) is 0 Å². The minimum absolute atomic E-state index is 0.126. The Hall–Kier alpha value is -3.29. The number of methoxy groups -OCH3 is 1. The molecule has 0 aliphatic rings. The van der Waals surface area contributed by atoms with Gasteiger partial charge in [-0.25, -0.2) is 4.79 Å². The van der Waals surface area contributed by atoms with Gasteiger partial charge in [-0.05, 0) is 29.8 Å². The molecule has 1 aromatic heterocycles. The first-order valence-corrected chi connectivity index (χ1v) is 8.40. The molecule has 1 heterocycles. The first-order valence-electron chi connectivity index (χ1n) is 8.40. The van der Waals surface area contributed by atoms with E-state index in [4.69, 9.17) is 4.74 Å². The summed E-state index contributed by atoms with van der Waals surface area (Å²) in [7, 11) is 1.18. The van der Waals surface area contributed by atoms with Crippen LogP contribution in [-0.2, 0) is 22.1 Å². The highest BCUT2D eigenvalue weighted by Crippen LogP contribution is 2.29. The van der Waals surface area contributed by atoms with Crippen LogP contribution >= 0.6 is 0 Å². The molecule has 1 atom stereocenters. The summed E-state index contributed by atoms with van der Waals surface area (Å²) in [5, 5.41) is 3.35. The van der Waals surface area contributed by atoms with Gasteiger partial charge in [0.15, 0.2) is 0 Å². The summed E-state index contributed by atoms with van der Waals surface area (Å²) in [6.07, 6.45) is -2.72. The van der Waals surface area contributed by atoms with Crippen molar-refractivity contribution in [1.29, 1.82) is 0 Å². The van der Waals surface area contributed by atoms with Crippen LogP contribution in [0, 0.1) is 0 Å². The Morgan fingerprint density at radius 2 is 1.89 bits per heavy atom. The molecular formula is C20H17F3N2O3. The van der Waals surface area contributed by atoms with Gasteiger partial charge in [0, 0.05) is 29.1 Å². The van der Waals surface area contributed by atoms with Crippen LogP contribution in [0.25, 0.3) is 10.9 Å². The molecule has 3 aromatic rings. The number of alkyl halides is 3. The molecule has 0 aliphatic carbocycles. The molecule has 0 aliphatic heterocycles. The second-order valence-electron chi connectivity index (χ2n) is 6.19. The fourth-order valence-electron chi connectivity index (χ4n) is 2.93. The lowest BCUT2D eigenvalue weighted by atomic mass is 10.0. The highest BCUT2D eigenvalue weighted by atomic mass is 19.4. The Morgan fingerprint density at radius 3 is 2.61 bits per heavy atom. The highest BCUT2D eigenvalue weighted by molar-refractivity contribution is 5.97. The molecule has 0 saturated heterocycles. The number of amides is 1. The van der Waals surface area contributed by atoms with Gasteiger partial charge in [-0.3, -0.25) is 4.79 Å². The van der Waals surface area contributed by atoms with Gasteiger partial charge >= 0.3 is 12.1 Å². The van der Waals surface area contributed by atoms with Gasteiger partial charge in [0.2, 0.25) is 0 Å². The third kappa shape index (κ3) is 4.16. The van der Waals surface area contributed by atoms with E-state index in [1.54, 1.807) is 6.20 Å². The fourth-order valence-corrected chi connectivity index (χ4v) is 2.93. The van der Waals surface area contributed by atoms with E-state index < -0.39 is 29.7 Å². The number of benzene rings is 2. The average Bonchev–Trinajstić information content (AvgIpc) is 3.09. The maximum atomic E-state index is 12.9. The Balaban J connectivity index is 1.83. The van der Waals surface area contributed by atoms with Crippen LogP contribution in [0.1, 0.15) is 21.5 Å². The summed E-state index contributed by atoms with van der Waals surface area (Å²) < 4.78 is 43.3. The molecule has 2 N–H and O–H groups in total. The summed E-state index contributed by atoms with van der Waals surface area (Å²) in [6.45, 7) is 0. The number of H-pyrrole nitrogens is 1. The third-order valence-corrected chi connectivity index (χ3v) is 4.34. The molecule has 0 fully saturated rings. The van der Waals surface area contributed by atoms with Gasteiger partial charge in [-0.2, -0.15) is 13.2 Å². The van der Waals surface area contributed by atoms with Crippen LogP contribution in [0.2, 0.25) is 0 Å². The maximum Gasteiger partial charge on any atom is 0.416 e. The first kappa shape index (κ1) is 19.5. The minimum Gasteiger partial charge on any atom is -0.467 e. The molecule has 1 unspecified atom stereocenters. The molecule has 146 valence electrons. The van der Waals surface area contributed by atoms with Crippen LogP contribution in [0.3, 0.4) is 0 Å². The van der Waals surface area contributed by atoms with Gasteiger partial charge < -0.3 is 15.0 Å². The Labute approximate surface area is 158 Å². The Kier molecular flexibility index (Phi) is 5.39. The Morgan fingerprint density at radius 1 is 1.14 bits per heavy atom. The molecule has 1 amide bonds. The number of rotatable bonds is 5. The van der Waals surface area contributed by atoms with Gasteiger partial charge in [-0.15, -0.1) is 0 Å². The number of hydrogen-bond donors (Lipinski definition) is 2. The first-order chi connectivity index (χ1) is 13.3. The number of aromatic nitrogens is 1. The number of aromatic amines is 1. The zero-order valence-corrected chi connectivity index (χ0v) is 14.8. The number of nitrogens with one attached hydrogen (secondary N) is 2. The normalized spacial score (nSPS) is 12.6. The average molecular weight is 390 g/mol. The summed E-state index contributed by atoms with van der Waals surface area (Å²) in [6, 6.07) is 10.4. The fraction of sp³-hybridized carbons (Fsp3) is 0.200. The van der Waals surface area contributed by atoms with E-state index in [2.05, 4.69) is 10.3 Å². The molecule has 0 spiro atoms. The monoisotopic (exact) mass is 390 g/mol. The van der Waals surface area contributed by atoms with Gasteiger partial charge in [0.1, 0.15) is 6.04 Å². The van der Waals surface area contributed by atoms with Crippen molar-refractivity contribution in [3.8, 4) is 0 Å². The Bertz CT molecular complexity index is 1010. The maximum absolute atomic E-state index is 12.9. The second-order valence-corrected chi connectivity index (χ2v) is 6.19. The predicted molar refractivity (Wildman–Crippen MR) is 96.7 cm³/mol. The van der Waals surface area contributed by atoms with E-state index in [0.717, 1.165) is 34.7 Å². The zero-order chi connectivity index (χ0) is 20.3. The predicted octanol–water partition coefficient (Wildman–Crippen LogP) is 3.70. The van der Waals surface area contributed by atoms with Crippen molar-refractivity contribution >= 4 is 22.8 Å². The molecule has 0 bridgehead atoms. The van der Waals surface area contributed by atoms with Crippen LogP contribution in [0.4, 0.5) is 13.2 Å². The number of ether oxygens (including phenoxy) is 1. The number of carbonyl (C=O) groups excluding carboxylic acids is 2. The van der Waals surface area contributed by atoms with E-state index >= 15 is 0 Å². The SMILES string of the molecule is COC(=O)C(Cc1c[nH]c2ccccc12)NC(=O)c1cccc(C(F)(F)F)c1. The summed E-state index contributed by atoms with van der Waals surface area (Å²) in [5.74, 6) is -1.48. The molecule has 5 nitrogen and oxygen atoms in total. The number of fused-ring (bicyclic) bond motifs is 1. The van der Waals surface area contributed by atoms with E-state index in [1.807, 2.05) is 24.3 Å². The molecule has 0 saturated carbocycles. The molecule has 28 heavy (non-hydrogen) atoms. The van der Waals surface area contributed by atoms with Crippen molar-refractivity contribution in [1.82, 2.24) is 10.3 Å². The van der Waals surface area contributed by atoms with Crippen LogP contribution < -0.4 is 5.32 Å². The third-order valence-electron chi connectivity index (χ3n) is 4.34. The van der Waals surface area contributed by atoms with Crippen molar-refractivity contribution in [3.63, 3.8) is 0 Å². The topological polar surface area (TPSA) is 71.2 Å². The molecular weight excluding hydrogens is 373 g/mol. The molecule has 2 aromatic carbocycles. The number of carbonyl (C=O) groups is 2. The summed E-state index contributed by atoms with van der Waals surface area (Å²) in [4.78, 5) is 27.7. The quantitative estimate of drug-likeness (QED) is 0.653. The van der Waals surface area contributed by atoms with Crippen molar-refractivity contribution in [2.24, 2.45) is 0 Å². The van der Waals surface area contributed by atoms with Crippen molar-refractivity contribution in [2.75, 3.05) is 7.11 Å². The van der Waals surface area contributed by atoms with Gasteiger partial charge in [0.25, 0.3) is 5.91 Å². The van der Waals surface area contributed by atoms with Crippen LogP contribution in [-0.4, -0.2) is 30.0 Å². The lowest BCUT2D eigenvalue weighted by Gasteiger charge is -2.17. The molecule has 3 rings (SSSR count). The summed E-state index contributed by atoms with van der Waals surface area (Å²) >= 11 is 0. The van der Waals surface area contributed by atoms with Crippen molar-refractivity contribution in [2.45, 2.75) is 18.6 Å².